The molecule has 11 heteroatoms. The first-order chi connectivity index (χ1) is 11.1. The number of carbonyl (C=O) groups is 2. The van der Waals surface area contributed by atoms with E-state index in [0.717, 1.165) is 13.1 Å². The predicted molar refractivity (Wildman–Crippen MR) is 76.2 cm³/mol. The minimum Gasteiger partial charge on any atom is -0.479 e. The number of nitrogens with one attached hydrogen (secondary N) is 2. The van der Waals surface area contributed by atoms with E-state index in [0.29, 0.717) is 11.0 Å². The first-order valence-electron chi connectivity index (χ1n) is 6.59. The highest BCUT2D eigenvalue weighted by Gasteiger charge is 2.54. The molecule has 7 nitrogen and oxygen atoms in total. The predicted octanol–water partition coefficient (Wildman–Crippen LogP) is 1.91. The molecule has 2 amide bonds. The molecule has 1 heterocycles. The maximum Gasteiger partial charge on any atom is 0.344 e. The van der Waals surface area contributed by atoms with Crippen LogP contribution < -0.4 is 15.6 Å². The number of carboxylic acid groups (broad SMARTS) is 1. The molecule has 0 saturated carbocycles. The number of ether oxygens (including phenoxy) is 1. The van der Waals surface area contributed by atoms with Gasteiger partial charge in [-0.1, -0.05) is 11.6 Å². The number of alkyl halides is 2. The molecule has 1 aliphatic heterocycles. The van der Waals surface area contributed by atoms with Gasteiger partial charge in [-0.3, -0.25) is 10.3 Å². The third-order valence-corrected chi connectivity index (χ3v) is 3.89. The molecule has 0 bridgehead atoms. The van der Waals surface area contributed by atoms with E-state index < -0.39 is 41.6 Å². The summed E-state index contributed by atoms with van der Waals surface area (Å²) < 4.78 is 46.7. The van der Waals surface area contributed by atoms with Crippen LogP contribution in [0, 0.1) is 5.82 Å². The fourth-order valence-electron chi connectivity index (χ4n) is 2.20. The van der Waals surface area contributed by atoms with Crippen molar-refractivity contribution in [1.29, 1.82) is 0 Å². The molecule has 1 fully saturated rings. The van der Waals surface area contributed by atoms with Crippen molar-refractivity contribution >= 4 is 23.6 Å². The van der Waals surface area contributed by atoms with Gasteiger partial charge in [-0.2, -0.15) is 5.43 Å². The average Bonchev–Trinajstić information content (AvgIpc) is 2.79. The summed E-state index contributed by atoms with van der Waals surface area (Å²) in [5.41, 5.74) is 0.920. The topological polar surface area (TPSA) is 90.9 Å². The maximum absolute atomic E-state index is 14.3. The zero-order chi connectivity index (χ0) is 18.2. The summed E-state index contributed by atoms with van der Waals surface area (Å²) in [4.78, 5) is 23.0. The molecule has 1 aliphatic rings. The minimum absolute atomic E-state index is 0.297. The van der Waals surface area contributed by atoms with Gasteiger partial charge < -0.3 is 9.84 Å². The summed E-state index contributed by atoms with van der Waals surface area (Å²) in [7, 11) is 1.05. The van der Waals surface area contributed by atoms with Crippen molar-refractivity contribution in [3.8, 4) is 5.75 Å². The van der Waals surface area contributed by atoms with Crippen LogP contribution in [0.4, 0.5) is 18.0 Å². The lowest BCUT2D eigenvalue weighted by molar-refractivity contribution is -0.144. The van der Waals surface area contributed by atoms with Gasteiger partial charge in [0.15, 0.2) is 6.10 Å². The van der Waals surface area contributed by atoms with Gasteiger partial charge in [0.2, 0.25) is 5.66 Å². The first-order valence-corrected chi connectivity index (χ1v) is 6.97. The Kier molecular flexibility index (Phi) is 4.81. The normalized spacial score (nSPS) is 21.8. The van der Waals surface area contributed by atoms with Crippen LogP contribution in [0.5, 0.6) is 5.75 Å². The lowest BCUT2D eigenvalue weighted by Gasteiger charge is -2.34. The van der Waals surface area contributed by atoms with E-state index in [-0.39, 0.29) is 10.8 Å². The van der Waals surface area contributed by atoms with Gasteiger partial charge in [0.25, 0.3) is 6.43 Å². The number of hydrazine groups is 1. The van der Waals surface area contributed by atoms with Gasteiger partial charge >= 0.3 is 12.0 Å². The van der Waals surface area contributed by atoms with Crippen molar-refractivity contribution in [3.63, 3.8) is 0 Å². The van der Waals surface area contributed by atoms with E-state index >= 15 is 0 Å². The van der Waals surface area contributed by atoms with Crippen molar-refractivity contribution in [2.45, 2.75) is 25.1 Å². The van der Waals surface area contributed by atoms with Crippen molar-refractivity contribution in [3.05, 3.63) is 28.5 Å². The molecule has 2 atom stereocenters. The second-order valence-electron chi connectivity index (χ2n) is 5.04. The molecule has 0 aromatic heterocycles. The van der Waals surface area contributed by atoms with E-state index in [2.05, 4.69) is 5.43 Å². The summed E-state index contributed by atoms with van der Waals surface area (Å²) in [5.74, 6) is -2.75. The Balaban J connectivity index is 2.56. The number of benzene rings is 1. The lowest BCUT2D eigenvalue weighted by Crippen LogP contribution is -2.54. The number of nitrogens with zero attached hydrogens (tertiary/aromatic N) is 1. The van der Waals surface area contributed by atoms with Crippen molar-refractivity contribution in [2.24, 2.45) is 0 Å². The van der Waals surface area contributed by atoms with Gasteiger partial charge in [-0.25, -0.2) is 22.8 Å². The van der Waals surface area contributed by atoms with Crippen LogP contribution in [0.15, 0.2) is 12.1 Å². The Bertz CT molecular complexity index is 691. The van der Waals surface area contributed by atoms with E-state index in [4.69, 9.17) is 21.4 Å². The quantitative estimate of drug-likeness (QED) is 0.739. The smallest absolute Gasteiger partial charge is 0.344 e. The van der Waals surface area contributed by atoms with E-state index in [1.165, 1.54) is 6.92 Å². The van der Waals surface area contributed by atoms with Crippen molar-refractivity contribution in [1.82, 2.24) is 15.8 Å². The third-order valence-electron chi connectivity index (χ3n) is 3.59. The summed E-state index contributed by atoms with van der Waals surface area (Å²) in [6.45, 7) is 1.19. The highest BCUT2D eigenvalue weighted by atomic mass is 35.5. The van der Waals surface area contributed by atoms with Gasteiger partial charge in [0.05, 0.1) is 5.02 Å². The maximum atomic E-state index is 14.3. The fourth-order valence-corrected chi connectivity index (χ4v) is 2.39. The van der Waals surface area contributed by atoms with Gasteiger partial charge in [-0.15, -0.1) is 0 Å². The number of rotatable bonds is 5. The second kappa shape index (κ2) is 6.36. The molecule has 0 aliphatic carbocycles. The summed E-state index contributed by atoms with van der Waals surface area (Å²) >= 11 is 5.78. The number of carbonyl (C=O) groups excluding carboxylic acids is 1. The van der Waals surface area contributed by atoms with Crippen LogP contribution in [0.25, 0.3) is 0 Å². The number of hydrogen-bond acceptors (Lipinski definition) is 4. The summed E-state index contributed by atoms with van der Waals surface area (Å²) in [5, 5.41) is 8.55. The third kappa shape index (κ3) is 2.82. The highest BCUT2D eigenvalue weighted by Crippen LogP contribution is 2.39. The molecule has 1 saturated heterocycles. The van der Waals surface area contributed by atoms with Gasteiger partial charge in [0, 0.05) is 12.6 Å². The van der Waals surface area contributed by atoms with Crippen LogP contribution in [0.1, 0.15) is 12.5 Å². The molecular weight excluding hydrogens is 355 g/mol. The zero-order valence-electron chi connectivity index (χ0n) is 12.4. The number of aliphatic carboxylic acids is 1. The fraction of sp³-hybridized carbons (Fsp3) is 0.385. The molecule has 2 unspecified atom stereocenters. The summed E-state index contributed by atoms with van der Waals surface area (Å²) in [6, 6.07) is 0.655. The molecule has 2 rings (SSSR count). The molecule has 24 heavy (non-hydrogen) atoms. The molecule has 132 valence electrons. The number of urea groups is 1. The number of hydrogen-bond donors (Lipinski definition) is 3. The molecule has 0 spiro atoms. The molecule has 1 aromatic rings. The standard InChI is InChI=1S/C13H13ClF3N3O4/c1-5(10(21)22)24-9-3-6(8(15)4-7(9)14)13(11(16)17)19-18-12(23)20(13)2/h3-5,11,19H,1-2H3,(H,18,23)(H,21,22). The largest absolute Gasteiger partial charge is 0.479 e. The summed E-state index contributed by atoms with van der Waals surface area (Å²) in [6.07, 6.45) is -4.57. The second-order valence-corrected chi connectivity index (χ2v) is 5.45. The number of halogens is 4. The van der Waals surface area contributed by atoms with Crippen LogP contribution in [0.2, 0.25) is 5.02 Å². The van der Waals surface area contributed by atoms with Crippen LogP contribution in [0.3, 0.4) is 0 Å². The average molecular weight is 368 g/mol. The molecule has 3 N–H and O–H groups in total. The molecule has 0 radical (unpaired) electrons. The zero-order valence-corrected chi connectivity index (χ0v) is 13.2. The molecular formula is C13H13ClF3N3O4. The Morgan fingerprint density at radius 1 is 1.46 bits per heavy atom. The number of amides is 2. The minimum atomic E-state index is -3.22. The van der Waals surface area contributed by atoms with Crippen LogP contribution in [-0.4, -0.2) is 41.6 Å². The van der Waals surface area contributed by atoms with E-state index in [9.17, 15) is 22.8 Å². The SMILES string of the molecule is CC(Oc1cc(C2(C(F)F)NNC(=O)N2C)c(F)cc1Cl)C(=O)O. The van der Waals surface area contributed by atoms with Crippen molar-refractivity contribution < 1.29 is 32.6 Å². The van der Waals surface area contributed by atoms with Crippen LogP contribution >= 0.6 is 11.6 Å². The van der Waals surface area contributed by atoms with Gasteiger partial charge in [0.1, 0.15) is 11.6 Å². The van der Waals surface area contributed by atoms with Crippen molar-refractivity contribution in [2.75, 3.05) is 7.05 Å². The Hall–Kier alpha value is -2.20. The number of carboxylic acids is 1. The van der Waals surface area contributed by atoms with Crippen LogP contribution in [-0.2, 0) is 10.5 Å². The van der Waals surface area contributed by atoms with E-state index in [1.54, 1.807) is 0 Å². The van der Waals surface area contributed by atoms with E-state index in [1.807, 2.05) is 5.43 Å². The Morgan fingerprint density at radius 2 is 2.08 bits per heavy atom. The monoisotopic (exact) mass is 367 g/mol. The Labute approximate surface area is 139 Å². The first kappa shape index (κ1) is 18.1. The molecule has 1 aromatic carbocycles. The Morgan fingerprint density at radius 3 is 2.54 bits per heavy atom. The highest BCUT2D eigenvalue weighted by molar-refractivity contribution is 6.32. The lowest BCUT2D eigenvalue weighted by atomic mass is 9.98. The van der Waals surface area contributed by atoms with Gasteiger partial charge in [-0.05, 0) is 19.1 Å².